The van der Waals surface area contributed by atoms with Crippen molar-refractivity contribution in [1.82, 2.24) is 4.98 Å². The molecule has 5 rings (SSSR count). The first-order valence-electron chi connectivity index (χ1n) is 12.2. The Balaban J connectivity index is 1.95. The molecule has 0 saturated heterocycles. The molecule has 34 heavy (non-hydrogen) atoms. The largest absolute Gasteiger partial charge is 0.455 e. The molecule has 3 nitrogen and oxygen atoms in total. The summed E-state index contributed by atoms with van der Waals surface area (Å²) in [7, 11) is 0. The van der Waals surface area contributed by atoms with E-state index < -0.39 is 5.60 Å². The van der Waals surface area contributed by atoms with E-state index in [0.29, 0.717) is 11.8 Å². The van der Waals surface area contributed by atoms with Crippen LogP contribution in [0.15, 0.2) is 59.0 Å². The summed E-state index contributed by atoms with van der Waals surface area (Å²) in [5.41, 5.74) is 8.11. The van der Waals surface area contributed by atoms with Crippen LogP contribution < -0.4 is 0 Å². The van der Waals surface area contributed by atoms with Crippen molar-refractivity contribution in [3.05, 3.63) is 76.9 Å². The third kappa shape index (κ3) is 3.59. The van der Waals surface area contributed by atoms with Crippen LogP contribution in [-0.4, -0.2) is 10.1 Å². The summed E-state index contributed by atoms with van der Waals surface area (Å²) in [6, 6.07) is 19.1. The Bertz CT molecular complexity index is 1550. The highest BCUT2D eigenvalue weighted by molar-refractivity contribution is 6.15. The van der Waals surface area contributed by atoms with Gasteiger partial charge in [0.15, 0.2) is 0 Å². The van der Waals surface area contributed by atoms with Gasteiger partial charge in [-0.25, -0.2) is 4.98 Å². The van der Waals surface area contributed by atoms with Crippen molar-refractivity contribution in [2.45, 2.75) is 65.9 Å². The van der Waals surface area contributed by atoms with Crippen LogP contribution in [0.3, 0.4) is 0 Å². The lowest BCUT2D eigenvalue weighted by atomic mass is 9.87. The second kappa shape index (κ2) is 7.95. The average molecular weight is 452 g/mol. The first-order valence-corrected chi connectivity index (χ1v) is 12.2. The van der Waals surface area contributed by atoms with Crippen molar-refractivity contribution in [3.63, 3.8) is 0 Å². The molecule has 0 saturated carbocycles. The molecule has 3 heteroatoms. The molecule has 0 atom stereocenters. The van der Waals surface area contributed by atoms with Crippen molar-refractivity contribution in [3.8, 4) is 11.3 Å². The Labute approximate surface area is 201 Å². The maximum Gasteiger partial charge on any atom is 0.139 e. The summed E-state index contributed by atoms with van der Waals surface area (Å²) in [4.78, 5) is 5.04. The molecular weight excluding hydrogens is 418 g/mol. The number of pyridine rings is 1. The third-order valence-corrected chi connectivity index (χ3v) is 6.85. The smallest absolute Gasteiger partial charge is 0.139 e. The lowest BCUT2D eigenvalue weighted by molar-refractivity contribution is 0.0802. The highest BCUT2D eigenvalue weighted by atomic mass is 16.3. The van der Waals surface area contributed by atoms with E-state index in [-0.39, 0.29) is 0 Å². The zero-order chi connectivity index (χ0) is 24.4. The first kappa shape index (κ1) is 22.6. The quantitative estimate of drug-likeness (QED) is 0.297. The summed E-state index contributed by atoms with van der Waals surface area (Å²) in [6.07, 6.45) is 0. The fraction of sp³-hybridized carbons (Fsp3) is 0.323. The van der Waals surface area contributed by atoms with E-state index in [0.717, 1.165) is 55.2 Å². The van der Waals surface area contributed by atoms with Crippen LogP contribution in [0.4, 0.5) is 0 Å². The summed E-state index contributed by atoms with van der Waals surface area (Å²) >= 11 is 0. The van der Waals surface area contributed by atoms with Gasteiger partial charge < -0.3 is 9.52 Å². The van der Waals surface area contributed by atoms with Crippen LogP contribution in [0.2, 0.25) is 0 Å². The van der Waals surface area contributed by atoms with Crippen molar-refractivity contribution in [2.75, 3.05) is 0 Å². The molecule has 2 aromatic heterocycles. The van der Waals surface area contributed by atoms with Crippen molar-refractivity contribution >= 4 is 32.8 Å². The predicted molar refractivity (Wildman–Crippen MR) is 143 cm³/mol. The van der Waals surface area contributed by atoms with Gasteiger partial charge in [0.2, 0.25) is 0 Å². The van der Waals surface area contributed by atoms with Crippen molar-refractivity contribution in [1.29, 1.82) is 0 Å². The summed E-state index contributed by atoms with van der Waals surface area (Å²) < 4.78 is 6.70. The van der Waals surface area contributed by atoms with E-state index in [1.54, 1.807) is 0 Å². The Morgan fingerprint density at radius 2 is 1.44 bits per heavy atom. The topological polar surface area (TPSA) is 46.3 Å². The maximum atomic E-state index is 11.1. The molecule has 0 aliphatic carbocycles. The van der Waals surface area contributed by atoms with E-state index in [4.69, 9.17) is 9.40 Å². The molecular formula is C31H33NO2. The van der Waals surface area contributed by atoms with Crippen LogP contribution in [0.25, 0.3) is 44.1 Å². The number of nitrogens with zero attached hydrogens (tertiary/aromatic N) is 1. The van der Waals surface area contributed by atoms with Gasteiger partial charge in [0.25, 0.3) is 0 Å². The van der Waals surface area contributed by atoms with E-state index in [1.165, 1.54) is 11.1 Å². The molecule has 3 aromatic carbocycles. The van der Waals surface area contributed by atoms with Gasteiger partial charge in [0.05, 0.1) is 16.8 Å². The van der Waals surface area contributed by atoms with Gasteiger partial charge in [0, 0.05) is 21.7 Å². The van der Waals surface area contributed by atoms with Crippen LogP contribution in [0.5, 0.6) is 0 Å². The number of rotatable bonds is 4. The standard InChI is InChI=1S/C31H33NO2/c1-17(2)21-10-11-23(26-15-9-20-16-19(5)8-14-25(20)32-26)27-28-24(31(6,7)33)13-12-22(18(3)4)30(28)34-29(21)27/h8-18,33H,1-7H3. The van der Waals surface area contributed by atoms with Crippen molar-refractivity contribution in [2.24, 2.45) is 0 Å². The molecule has 0 bridgehead atoms. The fourth-order valence-electron chi connectivity index (χ4n) is 5.04. The molecule has 5 aromatic rings. The van der Waals surface area contributed by atoms with Gasteiger partial charge in [-0.3, -0.25) is 0 Å². The van der Waals surface area contributed by atoms with Gasteiger partial charge in [0.1, 0.15) is 11.2 Å². The van der Waals surface area contributed by atoms with Gasteiger partial charge in [-0.15, -0.1) is 0 Å². The summed E-state index contributed by atoms with van der Waals surface area (Å²) in [5, 5.41) is 14.3. The summed E-state index contributed by atoms with van der Waals surface area (Å²) in [5.74, 6) is 0.602. The number of hydrogen-bond acceptors (Lipinski definition) is 3. The number of aryl methyl sites for hydroxylation is 1. The van der Waals surface area contributed by atoms with Gasteiger partial charge in [-0.05, 0) is 67.5 Å². The zero-order valence-corrected chi connectivity index (χ0v) is 21.2. The average Bonchev–Trinajstić information content (AvgIpc) is 3.16. The molecule has 0 amide bonds. The number of benzene rings is 3. The lowest BCUT2D eigenvalue weighted by Gasteiger charge is -2.21. The molecule has 174 valence electrons. The number of aromatic nitrogens is 1. The molecule has 0 spiro atoms. The van der Waals surface area contributed by atoms with Gasteiger partial charge in [-0.2, -0.15) is 0 Å². The lowest BCUT2D eigenvalue weighted by Crippen LogP contribution is -2.16. The minimum absolute atomic E-state index is 0.298. The van der Waals surface area contributed by atoms with Crippen LogP contribution >= 0.6 is 0 Å². The second-order valence-corrected chi connectivity index (χ2v) is 10.7. The Morgan fingerprint density at radius 1 is 0.794 bits per heavy atom. The normalized spacial score (nSPS) is 12.6. The fourth-order valence-corrected chi connectivity index (χ4v) is 5.04. The monoisotopic (exact) mass is 451 g/mol. The molecule has 0 aliphatic heterocycles. The number of fused-ring (bicyclic) bond motifs is 4. The highest BCUT2D eigenvalue weighted by Crippen LogP contribution is 2.45. The minimum atomic E-state index is -1.01. The second-order valence-electron chi connectivity index (χ2n) is 10.7. The first-order chi connectivity index (χ1) is 16.1. The minimum Gasteiger partial charge on any atom is -0.455 e. The van der Waals surface area contributed by atoms with E-state index in [1.807, 2.05) is 13.8 Å². The molecule has 2 heterocycles. The number of hydrogen-bond donors (Lipinski definition) is 1. The number of aliphatic hydroxyl groups is 1. The van der Waals surface area contributed by atoms with E-state index in [9.17, 15) is 5.11 Å². The predicted octanol–water partition coefficient (Wildman–Crippen LogP) is 8.58. The maximum absolute atomic E-state index is 11.1. The van der Waals surface area contributed by atoms with Crippen LogP contribution in [0.1, 0.15) is 75.6 Å². The van der Waals surface area contributed by atoms with E-state index >= 15 is 0 Å². The van der Waals surface area contributed by atoms with Gasteiger partial charge in [-0.1, -0.05) is 69.7 Å². The molecule has 0 aliphatic rings. The third-order valence-electron chi connectivity index (χ3n) is 6.85. The Morgan fingerprint density at radius 3 is 2.09 bits per heavy atom. The Hall–Kier alpha value is -3.17. The molecule has 0 fully saturated rings. The van der Waals surface area contributed by atoms with Crippen LogP contribution in [-0.2, 0) is 5.60 Å². The molecule has 0 radical (unpaired) electrons. The highest BCUT2D eigenvalue weighted by Gasteiger charge is 2.28. The summed E-state index contributed by atoms with van der Waals surface area (Å²) in [6.45, 7) is 14.5. The van der Waals surface area contributed by atoms with Gasteiger partial charge >= 0.3 is 0 Å². The Kier molecular flexibility index (Phi) is 5.29. The SMILES string of the molecule is Cc1ccc2nc(-c3ccc(C(C)C)c4oc5c(C(C)C)ccc(C(C)(C)O)c5c34)ccc2c1. The van der Waals surface area contributed by atoms with Crippen LogP contribution in [0, 0.1) is 6.92 Å². The van der Waals surface area contributed by atoms with E-state index in [2.05, 4.69) is 89.2 Å². The number of furan rings is 1. The molecule has 0 unspecified atom stereocenters. The zero-order valence-electron chi connectivity index (χ0n) is 21.2. The van der Waals surface area contributed by atoms with Crippen molar-refractivity contribution < 1.29 is 9.52 Å². The molecule has 1 N–H and O–H groups in total.